The van der Waals surface area contributed by atoms with Crippen LogP contribution < -0.4 is 5.32 Å². The van der Waals surface area contributed by atoms with Crippen LogP contribution in [0.3, 0.4) is 0 Å². The van der Waals surface area contributed by atoms with Crippen molar-refractivity contribution >= 4 is 29.1 Å². The maximum absolute atomic E-state index is 12.6. The normalized spacial score (nSPS) is 17.5. The molecule has 6 heteroatoms. The van der Waals surface area contributed by atoms with Gasteiger partial charge in [-0.3, -0.25) is 4.79 Å². The Labute approximate surface area is 163 Å². The van der Waals surface area contributed by atoms with Crippen LogP contribution in [0.15, 0.2) is 48.5 Å². The van der Waals surface area contributed by atoms with Crippen molar-refractivity contribution in [2.75, 3.05) is 19.8 Å². The number of aliphatic hydroxyl groups is 1. The molecule has 3 rings (SSSR count). The Hall–Kier alpha value is -1.59. The van der Waals surface area contributed by atoms with E-state index in [0.29, 0.717) is 28.8 Å². The zero-order valence-electron chi connectivity index (χ0n) is 14.3. The van der Waals surface area contributed by atoms with E-state index in [9.17, 15) is 9.90 Å². The lowest BCUT2D eigenvalue weighted by Crippen LogP contribution is -2.47. The summed E-state index contributed by atoms with van der Waals surface area (Å²) < 4.78 is 5.42. The minimum absolute atomic E-state index is 0.00576. The molecule has 0 spiro atoms. The number of benzene rings is 2. The third-order valence-electron chi connectivity index (χ3n) is 4.86. The zero-order valence-corrected chi connectivity index (χ0v) is 15.8. The highest BCUT2D eigenvalue weighted by molar-refractivity contribution is 6.35. The highest BCUT2D eigenvalue weighted by Gasteiger charge is 2.39. The van der Waals surface area contributed by atoms with Crippen molar-refractivity contribution in [1.29, 1.82) is 0 Å². The number of halogens is 2. The number of carbonyl (C=O) groups excluding carboxylic acids is 1. The molecule has 138 valence electrons. The van der Waals surface area contributed by atoms with E-state index in [1.807, 2.05) is 30.3 Å². The first-order valence-corrected chi connectivity index (χ1v) is 9.35. The topological polar surface area (TPSA) is 58.6 Å². The fraction of sp³-hybridized carbons (Fsp3) is 0.350. The molecule has 2 aromatic carbocycles. The standard InChI is InChI=1S/C20H21Cl2NO3/c21-16-6-7-18(22)17(12-16)19(24)23-13-20(25,14-4-2-1-3-5-14)15-8-10-26-11-9-15/h1-7,12,15,25H,8-11,13H2,(H,23,24)/t20-/m0/s1. The molecule has 1 amide bonds. The molecule has 4 nitrogen and oxygen atoms in total. The second-order valence-corrected chi connectivity index (χ2v) is 7.33. The van der Waals surface area contributed by atoms with Crippen molar-refractivity contribution in [3.8, 4) is 0 Å². The van der Waals surface area contributed by atoms with E-state index >= 15 is 0 Å². The minimum Gasteiger partial charge on any atom is -0.383 e. The van der Waals surface area contributed by atoms with Crippen molar-refractivity contribution in [3.05, 3.63) is 69.7 Å². The molecule has 1 fully saturated rings. The summed E-state index contributed by atoms with van der Waals surface area (Å²) in [5.74, 6) is -0.368. The maximum atomic E-state index is 12.6. The average molecular weight is 394 g/mol. The molecule has 0 aromatic heterocycles. The van der Waals surface area contributed by atoms with Crippen LogP contribution in [0, 0.1) is 5.92 Å². The largest absolute Gasteiger partial charge is 0.383 e. The van der Waals surface area contributed by atoms with Crippen molar-refractivity contribution in [1.82, 2.24) is 5.32 Å². The summed E-state index contributed by atoms with van der Waals surface area (Å²) in [4.78, 5) is 12.6. The van der Waals surface area contributed by atoms with Crippen molar-refractivity contribution < 1.29 is 14.6 Å². The molecule has 0 bridgehead atoms. The van der Waals surface area contributed by atoms with E-state index in [1.165, 1.54) is 6.07 Å². The minimum atomic E-state index is -1.17. The van der Waals surface area contributed by atoms with Gasteiger partial charge in [-0.25, -0.2) is 0 Å². The quantitative estimate of drug-likeness (QED) is 0.805. The number of ether oxygens (including phenoxy) is 1. The number of rotatable bonds is 5. The van der Waals surface area contributed by atoms with Crippen LogP contribution in [0.2, 0.25) is 10.0 Å². The van der Waals surface area contributed by atoms with E-state index in [2.05, 4.69) is 5.32 Å². The monoisotopic (exact) mass is 393 g/mol. The molecule has 1 aliphatic rings. The summed E-state index contributed by atoms with van der Waals surface area (Å²) in [5.41, 5.74) is -0.0999. The van der Waals surface area contributed by atoms with Gasteiger partial charge in [-0.05, 0) is 42.5 Å². The van der Waals surface area contributed by atoms with Gasteiger partial charge in [0.15, 0.2) is 0 Å². The highest BCUT2D eigenvalue weighted by atomic mass is 35.5. The van der Waals surface area contributed by atoms with Gasteiger partial charge in [0.2, 0.25) is 0 Å². The van der Waals surface area contributed by atoms with Crippen molar-refractivity contribution in [3.63, 3.8) is 0 Å². The molecule has 0 saturated carbocycles. The molecule has 1 aliphatic heterocycles. The Bertz CT molecular complexity index is 763. The zero-order chi connectivity index (χ0) is 18.6. The summed E-state index contributed by atoms with van der Waals surface area (Å²) in [5, 5.41) is 15.1. The van der Waals surface area contributed by atoms with Crippen LogP contribution in [0.25, 0.3) is 0 Å². The number of nitrogens with one attached hydrogen (secondary N) is 1. The summed E-state index contributed by atoms with van der Waals surface area (Å²) in [7, 11) is 0. The first-order valence-electron chi connectivity index (χ1n) is 8.59. The van der Waals surface area contributed by atoms with E-state index in [-0.39, 0.29) is 18.4 Å². The smallest absolute Gasteiger partial charge is 0.252 e. The molecule has 0 unspecified atom stereocenters. The molecule has 1 saturated heterocycles. The number of amides is 1. The Balaban J connectivity index is 1.82. The van der Waals surface area contributed by atoms with Gasteiger partial charge in [-0.15, -0.1) is 0 Å². The van der Waals surface area contributed by atoms with Crippen LogP contribution in [0.4, 0.5) is 0 Å². The Kier molecular flexibility index (Phi) is 6.20. The van der Waals surface area contributed by atoms with Crippen LogP contribution in [-0.4, -0.2) is 30.8 Å². The molecule has 1 atom stereocenters. The first kappa shape index (κ1) is 19.2. The molecule has 2 aromatic rings. The van der Waals surface area contributed by atoms with Gasteiger partial charge >= 0.3 is 0 Å². The lowest BCUT2D eigenvalue weighted by molar-refractivity contribution is -0.0680. The van der Waals surface area contributed by atoms with Crippen LogP contribution in [-0.2, 0) is 10.3 Å². The fourth-order valence-electron chi connectivity index (χ4n) is 3.37. The Morgan fingerprint density at radius 1 is 1.15 bits per heavy atom. The van der Waals surface area contributed by atoms with Gasteiger partial charge in [0, 0.05) is 18.2 Å². The second-order valence-electron chi connectivity index (χ2n) is 6.48. The lowest BCUT2D eigenvalue weighted by Gasteiger charge is -2.39. The number of carbonyl (C=O) groups is 1. The predicted molar refractivity (Wildman–Crippen MR) is 103 cm³/mol. The fourth-order valence-corrected chi connectivity index (χ4v) is 3.74. The highest BCUT2D eigenvalue weighted by Crippen LogP contribution is 2.36. The van der Waals surface area contributed by atoms with Gasteiger partial charge in [-0.2, -0.15) is 0 Å². The van der Waals surface area contributed by atoms with E-state index in [1.54, 1.807) is 12.1 Å². The number of hydrogen-bond donors (Lipinski definition) is 2. The molecule has 26 heavy (non-hydrogen) atoms. The van der Waals surface area contributed by atoms with E-state index < -0.39 is 5.60 Å². The average Bonchev–Trinajstić information content (AvgIpc) is 2.69. The first-order chi connectivity index (χ1) is 12.5. The van der Waals surface area contributed by atoms with Crippen molar-refractivity contribution in [2.24, 2.45) is 5.92 Å². The SMILES string of the molecule is O=C(NC[C@](O)(c1ccccc1)C1CCOCC1)c1cc(Cl)ccc1Cl. The molecular formula is C20H21Cl2NO3. The summed E-state index contributed by atoms with van der Waals surface area (Å²) in [6.45, 7) is 1.30. The third kappa shape index (κ3) is 4.21. The van der Waals surface area contributed by atoms with Gasteiger partial charge in [0.1, 0.15) is 5.60 Å². The van der Waals surface area contributed by atoms with Gasteiger partial charge in [0.25, 0.3) is 5.91 Å². The second kappa shape index (κ2) is 8.40. The summed E-state index contributed by atoms with van der Waals surface area (Å²) >= 11 is 12.1. The van der Waals surface area contributed by atoms with E-state index in [0.717, 1.165) is 18.4 Å². The third-order valence-corrected chi connectivity index (χ3v) is 5.43. The molecule has 2 N–H and O–H groups in total. The Morgan fingerprint density at radius 2 is 1.85 bits per heavy atom. The summed E-state index contributed by atoms with van der Waals surface area (Å²) in [6.07, 6.45) is 1.47. The van der Waals surface area contributed by atoms with Crippen molar-refractivity contribution in [2.45, 2.75) is 18.4 Å². The van der Waals surface area contributed by atoms with Crippen LogP contribution >= 0.6 is 23.2 Å². The molecular weight excluding hydrogens is 373 g/mol. The van der Waals surface area contributed by atoms with Gasteiger partial charge in [-0.1, -0.05) is 53.5 Å². The van der Waals surface area contributed by atoms with Crippen LogP contribution in [0.1, 0.15) is 28.8 Å². The lowest BCUT2D eigenvalue weighted by atomic mass is 9.77. The van der Waals surface area contributed by atoms with Gasteiger partial charge in [0.05, 0.1) is 17.1 Å². The molecule has 0 aliphatic carbocycles. The number of hydrogen-bond acceptors (Lipinski definition) is 3. The predicted octanol–water partition coefficient (Wildman–Crippen LogP) is 4.04. The van der Waals surface area contributed by atoms with Gasteiger partial charge < -0.3 is 15.2 Å². The Morgan fingerprint density at radius 3 is 2.54 bits per heavy atom. The van der Waals surface area contributed by atoms with E-state index in [4.69, 9.17) is 27.9 Å². The molecule has 1 heterocycles. The maximum Gasteiger partial charge on any atom is 0.252 e. The molecule has 0 radical (unpaired) electrons. The summed E-state index contributed by atoms with van der Waals surface area (Å²) in [6, 6.07) is 14.2. The van der Waals surface area contributed by atoms with Crippen LogP contribution in [0.5, 0.6) is 0 Å².